The molecule has 0 heterocycles. The number of hydrogen-bond donors (Lipinski definition) is 1. The van der Waals surface area contributed by atoms with Crippen molar-refractivity contribution >= 4 is 0 Å². The highest BCUT2D eigenvalue weighted by atomic mass is 19.1. The zero-order valence-corrected chi connectivity index (χ0v) is 6.44. The van der Waals surface area contributed by atoms with E-state index in [0.29, 0.717) is 12.8 Å². The van der Waals surface area contributed by atoms with Crippen LogP contribution in [-0.2, 0) is 0 Å². The highest BCUT2D eigenvalue weighted by Gasteiger charge is 1.91. The van der Waals surface area contributed by atoms with Crippen LogP contribution in [0, 0.1) is 0 Å². The molecule has 1 nitrogen and oxygen atoms in total. The van der Waals surface area contributed by atoms with Crippen LogP contribution in [0.2, 0.25) is 0 Å². The van der Waals surface area contributed by atoms with E-state index in [1.807, 2.05) is 6.92 Å². The fourth-order valence-corrected chi connectivity index (χ4v) is 0.669. The van der Waals surface area contributed by atoms with Crippen molar-refractivity contribution < 1.29 is 9.50 Å². The second kappa shape index (κ2) is 6.75. The van der Waals surface area contributed by atoms with Crippen molar-refractivity contribution in [3.63, 3.8) is 0 Å². The molecular weight excluding hydrogens is 131 g/mol. The van der Waals surface area contributed by atoms with Gasteiger partial charge in [0.05, 0.1) is 5.83 Å². The van der Waals surface area contributed by atoms with Crippen LogP contribution in [0.4, 0.5) is 4.39 Å². The van der Waals surface area contributed by atoms with Crippen LogP contribution in [0.15, 0.2) is 11.9 Å². The van der Waals surface area contributed by atoms with E-state index in [9.17, 15) is 4.39 Å². The Balaban J connectivity index is 3.30. The topological polar surface area (TPSA) is 20.2 Å². The molecule has 2 heteroatoms. The van der Waals surface area contributed by atoms with E-state index in [1.54, 1.807) is 0 Å². The molecule has 0 aliphatic rings. The number of hydrogen-bond acceptors (Lipinski definition) is 1. The third kappa shape index (κ3) is 5.76. The zero-order valence-electron chi connectivity index (χ0n) is 6.44. The molecule has 0 bridgehead atoms. The second-order valence-corrected chi connectivity index (χ2v) is 2.27. The van der Waals surface area contributed by atoms with Crippen molar-refractivity contribution in [3.8, 4) is 0 Å². The van der Waals surface area contributed by atoms with Gasteiger partial charge in [0.2, 0.25) is 0 Å². The molecule has 0 rings (SSSR count). The molecular formula is C8H15FO. The predicted molar refractivity (Wildman–Crippen MR) is 40.4 cm³/mol. The monoisotopic (exact) mass is 146 g/mol. The van der Waals surface area contributed by atoms with Gasteiger partial charge in [0.1, 0.15) is 0 Å². The number of aliphatic hydroxyl groups is 1. The maximum absolute atomic E-state index is 12.5. The molecule has 10 heavy (non-hydrogen) atoms. The van der Waals surface area contributed by atoms with Crippen molar-refractivity contribution in [2.75, 3.05) is 6.61 Å². The lowest BCUT2D eigenvalue weighted by Gasteiger charge is -1.93. The summed E-state index contributed by atoms with van der Waals surface area (Å²) >= 11 is 0. The molecule has 0 aromatic heterocycles. The first-order valence-electron chi connectivity index (χ1n) is 3.76. The summed E-state index contributed by atoms with van der Waals surface area (Å²) in [5.74, 6) is -0.0871. The smallest absolute Gasteiger partial charge is 0.0960 e. The SMILES string of the molecule is CCCC/C(F)=C/CCO. The van der Waals surface area contributed by atoms with Crippen molar-refractivity contribution in [1.29, 1.82) is 0 Å². The fraction of sp³-hybridized carbons (Fsp3) is 0.750. The molecule has 0 fully saturated rings. The largest absolute Gasteiger partial charge is 0.396 e. The van der Waals surface area contributed by atoms with Gasteiger partial charge in [-0.25, -0.2) is 4.39 Å². The molecule has 0 saturated carbocycles. The van der Waals surface area contributed by atoms with E-state index in [0.717, 1.165) is 12.8 Å². The number of rotatable bonds is 5. The molecule has 0 aliphatic heterocycles. The van der Waals surface area contributed by atoms with Crippen LogP contribution in [0.3, 0.4) is 0 Å². The highest BCUT2D eigenvalue weighted by Crippen LogP contribution is 2.08. The van der Waals surface area contributed by atoms with Crippen molar-refractivity contribution in [1.82, 2.24) is 0 Å². The van der Waals surface area contributed by atoms with Gasteiger partial charge in [-0.1, -0.05) is 19.4 Å². The van der Waals surface area contributed by atoms with E-state index < -0.39 is 0 Å². The van der Waals surface area contributed by atoms with Crippen molar-refractivity contribution in [3.05, 3.63) is 11.9 Å². The van der Waals surface area contributed by atoms with E-state index in [2.05, 4.69) is 0 Å². The minimum atomic E-state index is -0.0871. The first kappa shape index (κ1) is 9.63. The summed E-state index contributed by atoms with van der Waals surface area (Å²) in [4.78, 5) is 0. The lowest BCUT2D eigenvalue weighted by atomic mass is 10.2. The Morgan fingerprint density at radius 3 is 2.80 bits per heavy atom. The second-order valence-electron chi connectivity index (χ2n) is 2.27. The molecule has 0 aromatic carbocycles. The molecule has 0 unspecified atom stereocenters. The maximum Gasteiger partial charge on any atom is 0.0960 e. The Hall–Kier alpha value is -0.370. The third-order valence-corrected chi connectivity index (χ3v) is 1.26. The highest BCUT2D eigenvalue weighted by molar-refractivity contribution is 4.90. The van der Waals surface area contributed by atoms with E-state index in [1.165, 1.54) is 6.08 Å². The Labute approximate surface area is 61.6 Å². The Morgan fingerprint density at radius 2 is 2.30 bits per heavy atom. The lowest BCUT2D eigenvalue weighted by molar-refractivity contribution is 0.301. The standard InChI is InChI=1S/C8H15FO/c1-2-3-5-8(9)6-4-7-10/h6,10H,2-5,7H2,1H3/b8-6-. The quantitative estimate of drug-likeness (QED) is 0.631. The van der Waals surface area contributed by atoms with Crippen LogP contribution in [0.25, 0.3) is 0 Å². The minimum Gasteiger partial charge on any atom is -0.396 e. The zero-order chi connectivity index (χ0) is 7.82. The summed E-state index contributed by atoms with van der Waals surface area (Å²) in [6, 6.07) is 0. The van der Waals surface area contributed by atoms with E-state index in [4.69, 9.17) is 5.11 Å². The summed E-state index contributed by atoms with van der Waals surface area (Å²) in [5.41, 5.74) is 0. The molecule has 0 atom stereocenters. The summed E-state index contributed by atoms with van der Waals surface area (Å²) < 4.78 is 12.5. The molecule has 60 valence electrons. The van der Waals surface area contributed by atoms with Crippen LogP contribution in [0.5, 0.6) is 0 Å². The predicted octanol–water partition coefficient (Wildman–Crippen LogP) is 2.41. The molecule has 0 amide bonds. The summed E-state index contributed by atoms with van der Waals surface area (Å²) in [6.07, 6.45) is 4.33. The first-order valence-corrected chi connectivity index (χ1v) is 3.76. The van der Waals surface area contributed by atoms with Crippen LogP contribution < -0.4 is 0 Å². The van der Waals surface area contributed by atoms with Crippen LogP contribution in [-0.4, -0.2) is 11.7 Å². The molecule has 0 spiro atoms. The minimum absolute atomic E-state index is 0.0412. The molecule has 0 aromatic rings. The fourth-order valence-electron chi connectivity index (χ4n) is 0.669. The van der Waals surface area contributed by atoms with Crippen LogP contribution >= 0.6 is 0 Å². The molecule has 1 N–H and O–H groups in total. The van der Waals surface area contributed by atoms with Gasteiger partial charge in [-0.2, -0.15) is 0 Å². The number of aliphatic hydroxyl groups excluding tert-OH is 1. The van der Waals surface area contributed by atoms with Gasteiger partial charge in [-0.05, 0) is 19.3 Å². The molecule has 0 radical (unpaired) electrons. The average Bonchev–Trinajstić information content (AvgIpc) is 1.97. The van der Waals surface area contributed by atoms with Gasteiger partial charge in [0.15, 0.2) is 0 Å². The summed E-state index contributed by atoms with van der Waals surface area (Å²) in [5, 5.41) is 8.33. The Kier molecular flexibility index (Phi) is 6.50. The van der Waals surface area contributed by atoms with E-state index >= 15 is 0 Å². The van der Waals surface area contributed by atoms with Gasteiger partial charge in [0, 0.05) is 6.61 Å². The van der Waals surface area contributed by atoms with Crippen molar-refractivity contribution in [2.24, 2.45) is 0 Å². The normalized spacial score (nSPS) is 12.1. The third-order valence-electron chi connectivity index (χ3n) is 1.26. The van der Waals surface area contributed by atoms with Gasteiger partial charge in [-0.15, -0.1) is 0 Å². The maximum atomic E-state index is 12.5. The number of unbranched alkanes of at least 4 members (excludes halogenated alkanes) is 1. The Bertz CT molecular complexity index is 99.4. The van der Waals surface area contributed by atoms with E-state index in [-0.39, 0.29) is 12.4 Å². The molecule has 0 saturated heterocycles. The van der Waals surface area contributed by atoms with Crippen molar-refractivity contribution in [2.45, 2.75) is 32.6 Å². The Morgan fingerprint density at radius 1 is 1.60 bits per heavy atom. The van der Waals surface area contributed by atoms with Gasteiger partial charge in [-0.3, -0.25) is 0 Å². The number of halogens is 1. The van der Waals surface area contributed by atoms with Gasteiger partial charge in [0.25, 0.3) is 0 Å². The summed E-state index contributed by atoms with van der Waals surface area (Å²) in [7, 11) is 0. The first-order chi connectivity index (χ1) is 4.81. The lowest BCUT2D eigenvalue weighted by Crippen LogP contribution is -1.80. The average molecular weight is 146 g/mol. The van der Waals surface area contributed by atoms with Crippen LogP contribution in [0.1, 0.15) is 32.6 Å². The number of allylic oxidation sites excluding steroid dienone is 1. The van der Waals surface area contributed by atoms with Gasteiger partial charge >= 0.3 is 0 Å². The van der Waals surface area contributed by atoms with Gasteiger partial charge < -0.3 is 5.11 Å². The summed E-state index contributed by atoms with van der Waals surface area (Å²) in [6.45, 7) is 2.07. The molecule has 0 aliphatic carbocycles.